The van der Waals surface area contributed by atoms with Crippen LogP contribution < -0.4 is 0 Å². The molecule has 0 radical (unpaired) electrons. The van der Waals surface area contributed by atoms with Crippen molar-refractivity contribution < 1.29 is 9.47 Å². The van der Waals surface area contributed by atoms with Gasteiger partial charge >= 0.3 is 0 Å². The van der Waals surface area contributed by atoms with Crippen LogP contribution in [0.4, 0.5) is 0 Å². The molecule has 24 heavy (non-hydrogen) atoms. The van der Waals surface area contributed by atoms with E-state index in [1.54, 1.807) is 0 Å². The van der Waals surface area contributed by atoms with Crippen LogP contribution in [-0.2, 0) is 9.47 Å². The molecule has 1 saturated heterocycles. The van der Waals surface area contributed by atoms with Crippen LogP contribution in [0.5, 0.6) is 0 Å². The molecular weight excluding hydrogens is 338 g/mol. The zero-order valence-electron chi connectivity index (χ0n) is 14.5. The molecule has 5 heteroatoms. The van der Waals surface area contributed by atoms with E-state index in [0.29, 0.717) is 12.0 Å². The van der Waals surface area contributed by atoms with Gasteiger partial charge in [0.25, 0.3) is 0 Å². The number of fused-ring (bicyclic) bond motifs is 1. The van der Waals surface area contributed by atoms with Crippen LogP contribution in [0.25, 0.3) is 10.2 Å². The summed E-state index contributed by atoms with van der Waals surface area (Å²) in [5.74, 6) is 3.03. The van der Waals surface area contributed by atoms with E-state index in [0.717, 1.165) is 29.7 Å². The molecule has 1 saturated carbocycles. The number of benzene rings is 1. The number of aromatic nitrogens is 1. The van der Waals surface area contributed by atoms with Crippen LogP contribution in [0.3, 0.4) is 0 Å². The fourth-order valence-electron chi connectivity index (χ4n) is 3.70. The van der Waals surface area contributed by atoms with Crippen molar-refractivity contribution >= 4 is 33.3 Å². The number of rotatable bonds is 6. The lowest BCUT2D eigenvalue weighted by molar-refractivity contribution is -0.141. The number of nitrogens with zero attached hydrogens (tertiary/aromatic N) is 1. The molecule has 1 aromatic heterocycles. The number of thioether (sulfide) groups is 1. The first kappa shape index (κ1) is 16.8. The average molecular weight is 364 g/mol. The van der Waals surface area contributed by atoms with Gasteiger partial charge in [-0.2, -0.15) is 0 Å². The van der Waals surface area contributed by atoms with Crippen LogP contribution in [0.15, 0.2) is 28.6 Å². The second-order valence-corrected chi connectivity index (χ2v) is 9.87. The lowest BCUT2D eigenvalue weighted by Crippen LogP contribution is -2.23. The van der Waals surface area contributed by atoms with Gasteiger partial charge in [0.1, 0.15) is 0 Å². The number of ether oxygens (including phenoxy) is 2. The zero-order valence-corrected chi connectivity index (χ0v) is 16.2. The predicted octanol–water partition coefficient (Wildman–Crippen LogP) is 5.20. The maximum Gasteiger partial charge on any atom is 0.163 e. The first-order valence-corrected chi connectivity index (χ1v) is 10.6. The molecule has 2 heterocycles. The Labute approximate surface area is 152 Å². The summed E-state index contributed by atoms with van der Waals surface area (Å²) in [6.45, 7) is 7.19. The topological polar surface area (TPSA) is 31.4 Å². The van der Waals surface area contributed by atoms with Crippen LogP contribution >= 0.6 is 23.1 Å². The van der Waals surface area contributed by atoms with Crippen molar-refractivity contribution in [2.45, 2.75) is 49.8 Å². The summed E-state index contributed by atoms with van der Waals surface area (Å²) >= 11 is 3.71. The van der Waals surface area contributed by atoms with Gasteiger partial charge < -0.3 is 9.47 Å². The fourth-order valence-corrected chi connectivity index (χ4v) is 5.98. The third kappa shape index (κ3) is 3.64. The van der Waals surface area contributed by atoms with E-state index in [9.17, 15) is 0 Å². The molecular formula is C19H25NO2S2. The van der Waals surface area contributed by atoms with Gasteiger partial charge in [-0.05, 0) is 56.6 Å². The first-order chi connectivity index (χ1) is 11.5. The summed E-state index contributed by atoms with van der Waals surface area (Å²) in [6.07, 6.45) is 2.86. The highest BCUT2D eigenvalue weighted by atomic mass is 32.2. The third-order valence-electron chi connectivity index (χ3n) is 5.20. The molecule has 0 amide bonds. The Morgan fingerprint density at radius 2 is 2.21 bits per heavy atom. The van der Waals surface area contributed by atoms with E-state index < -0.39 is 0 Å². The molecule has 0 spiro atoms. The Kier molecular flexibility index (Phi) is 4.63. The van der Waals surface area contributed by atoms with Crippen LogP contribution in [-0.4, -0.2) is 29.2 Å². The van der Waals surface area contributed by atoms with Crippen LogP contribution in [0.2, 0.25) is 0 Å². The van der Waals surface area contributed by atoms with Gasteiger partial charge in [-0.1, -0.05) is 30.8 Å². The fraction of sp³-hybridized carbons (Fsp3) is 0.632. The van der Waals surface area contributed by atoms with E-state index in [4.69, 9.17) is 14.5 Å². The maximum atomic E-state index is 6.02. The first-order valence-electron chi connectivity index (χ1n) is 8.82. The smallest absolute Gasteiger partial charge is 0.163 e. The molecule has 0 N–H and O–H groups in total. The van der Waals surface area contributed by atoms with Crippen LogP contribution in [0.1, 0.15) is 33.6 Å². The summed E-state index contributed by atoms with van der Waals surface area (Å²) in [7, 11) is 0. The van der Waals surface area contributed by atoms with Gasteiger partial charge in [-0.15, -0.1) is 11.3 Å². The van der Waals surface area contributed by atoms with E-state index in [2.05, 4.69) is 31.2 Å². The minimum Gasteiger partial charge on any atom is -0.348 e. The van der Waals surface area contributed by atoms with Crippen molar-refractivity contribution in [3.8, 4) is 0 Å². The molecule has 1 aromatic carbocycles. The third-order valence-corrected chi connectivity index (χ3v) is 7.42. The number of hydrogen-bond donors (Lipinski definition) is 0. The molecule has 4 rings (SSSR count). The number of thiazole rings is 1. The van der Waals surface area contributed by atoms with Crippen molar-refractivity contribution in [3.63, 3.8) is 0 Å². The molecule has 3 nitrogen and oxygen atoms in total. The van der Waals surface area contributed by atoms with Crippen LogP contribution in [0, 0.1) is 17.8 Å². The van der Waals surface area contributed by atoms with Crippen molar-refractivity contribution in [1.82, 2.24) is 4.98 Å². The second kappa shape index (κ2) is 6.60. The lowest BCUT2D eigenvalue weighted by Gasteiger charge is -2.18. The maximum absolute atomic E-state index is 6.02. The van der Waals surface area contributed by atoms with Crippen molar-refractivity contribution in [2.24, 2.45) is 17.8 Å². The van der Waals surface area contributed by atoms with E-state index in [-0.39, 0.29) is 5.79 Å². The summed E-state index contributed by atoms with van der Waals surface area (Å²) in [5, 5.41) is 0. The van der Waals surface area contributed by atoms with Gasteiger partial charge in [-0.3, -0.25) is 0 Å². The van der Waals surface area contributed by atoms with Gasteiger partial charge in [0, 0.05) is 5.75 Å². The largest absolute Gasteiger partial charge is 0.348 e. The molecule has 130 valence electrons. The number of para-hydroxylation sites is 1. The molecule has 2 aliphatic rings. The summed E-state index contributed by atoms with van der Waals surface area (Å²) in [5.41, 5.74) is 1.13. The summed E-state index contributed by atoms with van der Waals surface area (Å²) in [6, 6.07) is 8.39. The lowest BCUT2D eigenvalue weighted by atomic mass is 10.00. The van der Waals surface area contributed by atoms with Crippen molar-refractivity contribution in [3.05, 3.63) is 24.3 Å². The predicted molar refractivity (Wildman–Crippen MR) is 101 cm³/mol. The summed E-state index contributed by atoms with van der Waals surface area (Å²) in [4.78, 5) is 4.71. The van der Waals surface area contributed by atoms with Gasteiger partial charge in [0.15, 0.2) is 10.1 Å². The Morgan fingerprint density at radius 1 is 1.38 bits per heavy atom. The highest BCUT2D eigenvalue weighted by Gasteiger charge is 2.50. The molecule has 1 aliphatic heterocycles. The Morgan fingerprint density at radius 3 is 2.96 bits per heavy atom. The normalized spacial score (nSPS) is 29.9. The Hall–Kier alpha value is -0.620. The second-order valence-electron chi connectivity index (χ2n) is 7.49. The van der Waals surface area contributed by atoms with Crippen molar-refractivity contribution in [1.29, 1.82) is 0 Å². The highest BCUT2D eigenvalue weighted by Crippen LogP contribution is 2.51. The standard InChI is InChI=1S/C19H25NO2S2/c1-12(13-10-14(13)16-11-21-19(2,3)22-16)8-9-23-18-20-15-6-4-5-7-17(15)24-18/h4-7,12-14,16H,8-11H2,1-3H3/t12-,13+,14+,16+/m0/s1. The average Bonchev–Trinajstić information content (AvgIpc) is 3.11. The minimum absolute atomic E-state index is 0.310. The molecule has 4 atom stereocenters. The van der Waals surface area contributed by atoms with E-state index in [1.807, 2.05) is 36.9 Å². The number of hydrogen-bond acceptors (Lipinski definition) is 5. The van der Waals surface area contributed by atoms with Gasteiger partial charge in [0.2, 0.25) is 0 Å². The quantitative estimate of drug-likeness (QED) is 0.660. The van der Waals surface area contributed by atoms with E-state index in [1.165, 1.54) is 21.9 Å². The summed E-state index contributed by atoms with van der Waals surface area (Å²) < 4.78 is 14.2. The minimum atomic E-state index is -0.385. The van der Waals surface area contributed by atoms with Gasteiger partial charge in [-0.25, -0.2) is 4.98 Å². The Bertz CT molecular complexity index is 681. The van der Waals surface area contributed by atoms with E-state index >= 15 is 0 Å². The molecule has 2 aromatic rings. The van der Waals surface area contributed by atoms with Crippen molar-refractivity contribution in [2.75, 3.05) is 12.4 Å². The Balaban J connectivity index is 1.23. The molecule has 1 aliphatic carbocycles. The molecule has 0 unspecified atom stereocenters. The SMILES string of the molecule is C[C@@H](CCSc1nc2ccccc2s1)[C@H]1C[C@H]1[C@H]1COC(C)(C)O1. The van der Waals surface area contributed by atoms with Gasteiger partial charge in [0.05, 0.1) is 22.9 Å². The zero-order chi connectivity index (χ0) is 16.7. The molecule has 0 bridgehead atoms. The monoisotopic (exact) mass is 363 g/mol. The highest BCUT2D eigenvalue weighted by molar-refractivity contribution is 8.01. The molecule has 2 fully saturated rings.